The maximum absolute atomic E-state index is 5.11. The van der Waals surface area contributed by atoms with E-state index in [0.29, 0.717) is 0 Å². The summed E-state index contributed by atoms with van der Waals surface area (Å²) >= 11 is 0. The van der Waals surface area contributed by atoms with Gasteiger partial charge in [0.2, 0.25) is 5.71 Å². The van der Waals surface area contributed by atoms with Gasteiger partial charge in [0.25, 0.3) is 0 Å². The van der Waals surface area contributed by atoms with E-state index >= 15 is 0 Å². The minimum absolute atomic E-state index is 0.897. The third-order valence-electron chi connectivity index (χ3n) is 3.77. The molecule has 1 heterocycles. The molecule has 3 rings (SSSR count). The Bertz CT molecular complexity index is 819. The summed E-state index contributed by atoms with van der Waals surface area (Å²) in [4.78, 5) is 4.89. The van der Waals surface area contributed by atoms with Gasteiger partial charge in [0, 0.05) is 0 Å². The SMILES string of the molecule is CC=CC(C=COC)=C1N=C2C=CCC=CC2=[N+]1c1ccccc1. The molecule has 0 fully saturated rings. The zero-order valence-corrected chi connectivity index (χ0v) is 14.0. The van der Waals surface area contributed by atoms with E-state index in [1.165, 1.54) is 0 Å². The Labute approximate surface area is 143 Å². The van der Waals surface area contributed by atoms with Crippen molar-refractivity contribution >= 4 is 17.1 Å². The Kier molecular flexibility index (Phi) is 5.02. The maximum Gasteiger partial charge on any atom is 0.336 e. The Hall–Kier alpha value is -2.94. The number of para-hydroxylation sites is 1. The van der Waals surface area contributed by atoms with Gasteiger partial charge < -0.3 is 4.74 Å². The van der Waals surface area contributed by atoms with E-state index in [9.17, 15) is 0 Å². The lowest BCUT2D eigenvalue weighted by molar-refractivity contribution is -0.379. The lowest BCUT2D eigenvalue weighted by Gasteiger charge is -2.04. The minimum atomic E-state index is 0.897. The van der Waals surface area contributed by atoms with Crippen molar-refractivity contribution in [2.45, 2.75) is 13.3 Å². The van der Waals surface area contributed by atoms with Crippen molar-refractivity contribution in [2.75, 3.05) is 7.11 Å². The largest absolute Gasteiger partial charge is 0.504 e. The molecule has 0 N–H and O–H groups in total. The quantitative estimate of drug-likeness (QED) is 0.584. The van der Waals surface area contributed by atoms with Gasteiger partial charge in [0.05, 0.1) is 18.9 Å². The van der Waals surface area contributed by atoms with E-state index in [1.807, 2.05) is 43.4 Å². The van der Waals surface area contributed by atoms with Gasteiger partial charge >= 0.3 is 5.82 Å². The molecule has 0 amide bonds. The molecule has 2 aliphatic rings. The number of hydrogen-bond acceptors (Lipinski definition) is 2. The number of nitrogens with zero attached hydrogens (tertiary/aromatic N) is 2. The van der Waals surface area contributed by atoms with Crippen molar-refractivity contribution < 1.29 is 9.31 Å². The number of hydrogen-bond donors (Lipinski definition) is 0. The molecular formula is C21H21N2O+. The average molecular weight is 317 g/mol. The summed E-state index contributed by atoms with van der Waals surface area (Å²) in [6.07, 6.45) is 17.1. The second kappa shape index (κ2) is 7.55. The van der Waals surface area contributed by atoms with Gasteiger partial charge in [-0.3, -0.25) is 0 Å². The van der Waals surface area contributed by atoms with Crippen LogP contribution in [0.5, 0.6) is 0 Å². The summed E-state index contributed by atoms with van der Waals surface area (Å²) in [5.74, 6) is 0.897. The Morgan fingerprint density at radius 1 is 1.12 bits per heavy atom. The van der Waals surface area contributed by atoms with Crippen molar-refractivity contribution in [3.8, 4) is 0 Å². The molecule has 3 heteroatoms. The Balaban J connectivity index is 2.27. The molecule has 120 valence electrons. The number of rotatable bonds is 4. The van der Waals surface area contributed by atoms with Crippen LogP contribution in [0.4, 0.5) is 5.69 Å². The molecule has 0 bridgehead atoms. The molecule has 24 heavy (non-hydrogen) atoms. The maximum atomic E-state index is 5.11. The number of methoxy groups -OCH3 is 1. The first kappa shape index (κ1) is 15.9. The number of aliphatic imine (C=N–C) groups is 1. The molecule has 0 aromatic heterocycles. The summed E-state index contributed by atoms with van der Waals surface area (Å²) in [6, 6.07) is 10.3. The van der Waals surface area contributed by atoms with E-state index in [4.69, 9.17) is 9.73 Å². The van der Waals surface area contributed by atoms with Crippen molar-refractivity contribution in [2.24, 2.45) is 4.99 Å². The topological polar surface area (TPSA) is 24.6 Å². The minimum Gasteiger partial charge on any atom is -0.504 e. The second-order valence-electron chi connectivity index (χ2n) is 5.41. The molecule has 0 spiro atoms. The van der Waals surface area contributed by atoms with Gasteiger partial charge in [0.15, 0.2) is 5.71 Å². The molecule has 0 unspecified atom stereocenters. The van der Waals surface area contributed by atoms with Crippen LogP contribution in [0.2, 0.25) is 0 Å². The van der Waals surface area contributed by atoms with Crippen molar-refractivity contribution in [3.05, 3.63) is 90.5 Å². The van der Waals surface area contributed by atoms with Crippen molar-refractivity contribution in [1.82, 2.24) is 0 Å². The van der Waals surface area contributed by atoms with Crippen LogP contribution < -0.4 is 0 Å². The molecule has 0 radical (unpaired) electrons. The van der Waals surface area contributed by atoms with Gasteiger partial charge in [-0.25, -0.2) is 0 Å². The van der Waals surface area contributed by atoms with Crippen molar-refractivity contribution in [1.29, 1.82) is 0 Å². The molecule has 0 atom stereocenters. The smallest absolute Gasteiger partial charge is 0.336 e. The van der Waals surface area contributed by atoms with Gasteiger partial charge in [-0.15, -0.1) is 0 Å². The normalized spacial score (nSPS) is 19.0. The number of fused-ring (bicyclic) bond motifs is 1. The zero-order valence-electron chi connectivity index (χ0n) is 14.0. The summed E-state index contributed by atoms with van der Waals surface area (Å²) in [5, 5.41) is 0. The summed E-state index contributed by atoms with van der Waals surface area (Å²) < 4.78 is 7.30. The predicted molar refractivity (Wildman–Crippen MR) is 99.7 cm³/mol. The Morgan fingerprint density at radius 3 is 2.67 bits per heavy atom. The van der Waals surface area contributed by atoms with E-state index < -0.39 is 0 Å². The number of benzene rings is 1. The molecule has 1 aromatic carbocycles. The summed E-state index contributed by atoms with van der Waals surface area (Å²) in [6.45, 7) is 2.00. The van der Waals surface area contributed by atoms with Gasteiger partial charge in [-0.05, 0) is 48.7 Å². The Morgan fingerprint density at radius 2 is 1.92 bits per heavy atom. The van der Waals surface area contributed by atoms with E-state index in [-0.39, 0.29) is 0 Å². The van der Waals surface area contributed by atoms with Crippen LogP contribution in [0.1, 0.15) is 13.3 Å². The number of ether oxygens (including phenoxy) is 1. The highest BCUT2D eigenvalue weighted by molar-refractivity contribution is 6.49. The fourth-order valence-corrected chi connectivity index (χ4v) is 2.73. The highest BCUT2D eigenvalue weighted by Gasteiger charge is 2.33. The fourth-order valence-electron chi connectivity index (χ4n) is 2.73. The van der Waals surface area contributed by atoms with Crippen LogP contribution in [0.15, 0.2) is 95.5 Å². The van der Waals surface area contributed by atoms with Crippen LogP contribution in [0.25, 0.3) is 0 Å². The highest BCUT2D eigenvalue weighted by atomic mass is 16.5. The molecule has 0 saturated heterocycles. The van der Waals surface area contributed by atoms with Gasteiger partial charge in [0.1, 0.15) is 5.69 Å². The van der Waals surface area contributed by atoms with E-state index in [2.05, 4.69) is 41.0 Å². The first-order chi connectivity index (χ1) is 11.8. The van der Waals surface area contributed by atoms with Gasteiger partial charge in [-0.1, -0.05) is 42.5 Å². The predicted octanol–water partition coefficient (Wildman–Crippen LogP) is 4.69. The summed E-state index contributed by atoms with van der Waals surface area (Å²) in [7, 11) is 1.65. The monoisotopic (exact) mass is 317 g/mol. The van der Waals surface area contributed by atoms with Crippen LogP contribution in [-0.4, -0.2) is 23.1 Å². The van der Waals surface area contributed by atoms with Crippen LogP contribution in [0, 0.1) is 0 Å². The molecule has 0 saturated carbocycles. The van der Waals surface area contributed by atoms with E-state index in [0.717, 1.165) is 34.9 Å². The second-order valence-corrected chi connectivity index (χ2v) is 5.41. The zero-order chi connectivity index (χ0) is 16.8. The number of allylic oxidation sites excluding steroid dienone is 8. The molecule has 1 aromatic rings. The fraction of sp³-hybridized carbons (Fsp3) is 0.143. The first-order valence-electron chi connectivity index (χ1n) is 8.05. The third-order valence-corrected chi connectivity index (χ3v) is 3.77. The lowest BCUT2D eigenvalue weighted by Crippen LogP contribution is -2.14. The summed E-state index contributed by atoms with van der Waals surface area (Å²) in [5.41, 5.74) is 4.17. The lowest BCUT2D eigenvalue weighted by atomic mass is 10.2. The standard InChI is InChI=1S/C21H21N2O/c1-3-10-17(15-16-24-2)21-22-19-13-8-5-9-14-20(19)23(21)18-11-6-4-7-12-18/h3-4,6-16H,5H2,1-2H3/q+1. The van der Waals surface area contributed by atoms with Crippen molar-refractivity contribution in [3.63, 3.8) is 0 Å². The van der Waals surface area contributed by atoms with E-state index in [1.54, 1.807) is 13.4 Å². The third kappa shape index (κ3) is 3.20. The first-order valence-corrected chi connectivity index (χ1v) is 8.05. The average Bonchev–Trinajstić information content (AvgIpc) is 2.82. The molecule has 3 nitrogen and oxygen atoms in total. The molecule has 1 aliphatic carbocycles. The van der Waals surface area contributed by atoms with Crippen LogP contribution in [-0.2, 0) is 4.74 Å². The van der Waals surface area contributed by atoms with Gasteiger partial charge in [-0.2, -0.15) is 4.58 Å². The highest BCUT2D eigenvalue weighted by Crippen LogP contribution is 2.27. The van der Waals surface area contributed by atoms with Crippen LogP contribution >= 0.6 is 0 Å². The van der Waals surface area contributed by atoms with Crippen LogP contribution in [0.3, 0.4) is 0 Å². The molecule has 1 aliphatic heterocycles. The molecular weight excluding hydrogens is 296 g/mol.